The zero-order valence-corrected chi connectivity index (χ0v) is 10.6. The first-order chi connectivity index (χ1) is 8.23. The highest BCUT2D eigenvalue weighted by atomic mass is 16.5. The summed E-state index contributed by atoms with van der Waals surface area (Å²) >= 11 is 0. The van der Waals surface area contributed by atoms with Crippen molar-refractivity contribution in [2.75, 3.05) is 26.4 Å². The van der Waals surface area contributed by atoms with Crippen molar-refractivity contribution in [3.05, 3.63) is 29.8 Å². The Bertz CT molecular complexity index is 374. The van der Waals surface area contributed by atoms with Crippen LogP contribution in [0.25, 0.3) is 0 Å². The third kappa shape index (κ3) is 2.17. The monoisotopic (exact) mass is 235 g/mol. The van der Waals surface area contributed by atoms with Crippen LogP contribution in [0.15, 0.2) is 24.3 Å². The number of rotatable bonds is 5. The van der Waals surface area contributed by atoms with Crippen LogP contribution in [0, 0.1) is 5.92 Å². The van der Waals surface area contributed by atoms with Crippen molar-refractivity contribution in [3.8, 4) is 5.75 Å². The minimum atomic E-state index is 0.0852. The minimum Gasteiger partial charge on any atom is -0.494 e. The number of nitrogens with two attached hydrogens (primary N) is 1. The number of benzene rings is 1. The third-order valence-electron chi connectivity index (χ3n) is 3.74. The quantitative estimate of drug-likeness (QED) is 0.848. The van der Waals surface area contributed by atoms with E-state index in [1.807, 2.05) is 19.1 Å². The molecular formula is C14H21NO2. The molecule has 2 N–H and O–H groups in total. The molecule has 2 rings (SSSR count). The van der Waals surface area contributed by atoms with Gasteiger partial charge in [0.25, 0.3) is 0 Å². The van der Waals surface area contributed by atoms with Crippen molar-refractivity contribution in [2.45, 2.75) is 19.3 Å². The molecule has 0 spiro atoms. The van der Waals surface area contributed by atoms with Crippen LogP contribution in [-0.4, -0.2) is 26.4 Å². The summed E-state index contributed by atoms with van der Waals surface area (Å²) < 4.78 is 11.0. The summed E-state index contributed by atoms with van der Waals surface area (Å²) in [6, 6.07) is 8.31. The van der Waals surface area contributed by atoms with Crippen LogP contribution in [0.1, 0.15) is 19.4 Å². The highest BCUT2D eigenvalue weighted by molar-refractivity contribution is 5.36. The van der Waals surface area contributed by atoms with Crippen LogP contribution in [0.2, 0.25) is 0 Å². The number of hydrogen-bond acceptors (Lipinski definition) is 3. The standard InChI is InChI=1S/C14H21NO2/c1-3-17-13-6-4-5-12(7-13)14(9-16-10-14)11(2)8-15/h4-7,11H,3,8-10,15H2,1-2H3. The largest absolute Gasteiger partial charge is 0.494 e. The summed E-state index contributed by atoms with van der Waals surface area (Å²) in [5, 5.41) is 0. The van der Waals surface area contributed by atoms with E-state index in [0.717, 1.165) is 19.0 Å². The van der Waals surface area contributed by atoms with Gasteiger partial charge in [-0.15, -0.1) is 0 Å². The molecule has 94 valence electrons. The van der Waals surface area contributed by atoms with E-state index in [4.69, 9.17) is 15.2 Å². The van der Waals surface area contributed by atoms with E-state index < -0.39 is 0 Å². The lowest BCUT2D eigenvalue weighted by Crippen LogP contribution is -2.53. The maximum Gasteiger partial charge on any atom is 0.119 e. The molecule has 1 aliphatic heterocycles. The van der Waals surface area contributed by atoms with Gasteiger partial charge in [0.2, 0.25) is 0 Å². The van der Waals surface area contributed by atoms with Gasteiger partial charge in [0.05, 0.1) is 19.8 Å². The first kappa shape index (κ1) is 12.4. The molecule has 1 aliphatic rings. The normalized spacial score (nSPS) is 19.5. The molecule has 0 radical (unpaired) electrons. The first-order valence-electron chi connectivity index (χ1n) is 6.24. The minimum absolute atomic E-state index is 0.0852. The maximum atomic E-state index is 5.81. The van der Waals surface area contributed by atoms with Gasteiger partial charge in [-0.3, -0.25) is 0 Å². The second-order valence-corrected chi connectivity index (χ2v) is 4.75. The van der Waals surface area contributed by atoms with Gasteiger partial charge >= 0.3 is 0 Å². The lowest BCUT2D eigenvalue weighted by molar-refractivity contribution is -0.0854. The smallest absolute Gasteiger partial charge is 0.119 e. The Hall–Kier alpha value is -1.06. The average Bonchev–Trinajstić information content (AvgIpc) is 2.28. The molecule has 0 aromatic heterocycles. The summed E-state index contributed by atoms with van der Waals surface area (Å²) in [5.41, 5.74) is 7.18. The highest BCUT2D eigenvalue weighted by Gasteiger charge is 2.44. The predicted molar refractivity (Wildman–Crippen MR) is 68.3 cm³/mol. The molecule has 1 aromatic carbocycles. The molecule has 1 unspecified atom stereocenters. The Morgan fingerprint density at radius 1 is 1.47 bits per heavy atom. The molecule has 1 atom stereocenters. The van der Waals surface area contributed by atoms with Gasteiger partial charge in [-0.05, 0) is 37.1 Å². The maximum absolute atomic E-state index is 5.81. The fourth-order valence-electron chi connectivity index (χ4n) is 2.35. The second-order valence-electron chi connectivity index (χ2n) is 4.75. The fraction of sp³-hybridized carbons (Fsp3) is 0.571. The van der Waals surface area contributed by atoms with E-state index in [2.05, 4.69) is 19.1 Å². The molecule has 17 heavy (non-hydrogen) atoms. The topological polar surface area (TPSA) is 44.5 Å². The van der Waals surface area contributed by atoms with Gasteiger partial charge in [-0.2, -0.15) is 0 Å². The lowest BCUT2D eigenvalue weighted by atomic mass is 9.69. The molecule has 0 amide bonds. The molecule has 0 aliphatic carbocycles. The van der Waals surface area contributed by atoms with Crippen molar-refractivity contribution in [1.29, 1.82) is 0 Å². The summed E-state index contributed by atoms with van der Waals surface area (Å²) in [6.07, 6.45) is 0. The van der Waals surface area contributed by atoms with E-state index in [1.165, 1.54) is 5.56 Å². The van der Waals surface area contributed by atoms with Gasteiger partial charge in [-0.25, -0.2) is 0 Å². The Labute approximate surface area is 103 Å². The molecule has 1 aromatic rings. The summed E-state index contributed by atoms with van der Waals surface area (Å²) in [5.74, 6) is 1.36. The third-order valence-corrected chi connectivity index (χ3v) is 3.74. The van der Waals surface area contributed by atoms with Crippen molar-refractivity contribution in [1.82, 2.24) is 0 Å². The molecule has 1 heterocycles. The van der Waals surface area contributed by atoms with Crippen LogP contribution in [0.5, 0.6) is 5.75 Å². The van der Waals surface area contributed by atoms with E-state index >= 15 is 0 Å². The Morgan fingerprint density at radius 2 is 2.24 bits per heavy atom. The Balaban J connectivity index is 2.27. The van der Waals surface area contributed by atoms with E-state index in [-0.39, 0.29) is 5.41 Å². The highest BCUT2D eigenvalue weighted by Crippen LogP contribution is 2.40. The Kier molecular flexibility index (Phi) is 3.69. The van der Waals surface area contributed by atoms with Gasteiger partial charge in [-0.1, -0.05) is 19.1 Å². The Morgan fingerprint density at radius 3 is 2.76 bits per heavy atom. The lowest BCUT2D eigenvalue weighted by Gasteiger charge is -2.46. The molecule has 1 saturated heterocycles. The van der Waals surface area contributed by atoms with Crippen molar-refractivity contribution in [2.24, 2.45) is 11.7 Å². The number of hydrogen-bond donors (Lipinski definition) is 1. The van der Waals surface area contributed by atoms with Crippen LogP contribution in [0.3, 0.4) is 0 Å². The van der Waals surface area contributed by atoms with Gasteiger partial charge in [0.1, 0.15) is 5.75 Å². The molecule has 0 bridgehead atoms. The zero-order valence-electron chi connectivity index (χ0n) is 10.6. The van der Waals surface area contributed by atoms with Crippen molar-refractivity contribution < 1.29 is 9.47 Å². The first-order valence-corrected chi connectivity index (χ1v) is 6.24. The molecule has 3 nitrogen and oxygen atoms in total. The van der Waals surface area contributed by atoms with E-state index in [0.29, 0.717) is 19.1 Å². The van der Waals surface area contributed by atoms with E-state index in [9.17, 15) is 0 Å². The van der Waals surface area contributed by atoms with Crippen LogP contribution in [0.4, 0.5) is 0 Å². The molecule has 3 heteroatoms. The second kappa shape index (κ2) is 5.07. The fourth-order valence-corrected chi connectivity index (χ4v) is 2.35. The van der Waals surface area contributed by atoms with Gasteiger partial charge in [0.15, 0.2) is 0 Å². The molecular weight excluding hydrogens is 214 g/mol. The molecule has 1 fully saturated rings. The predicted octanol–water partition coefficient (Wildman–Crippen LogP) is 1.95. The summed E-state index contributed by atoms with van der Waals surface area (Å²) in [4.78, 5) is 0. The van der Waals surface area contributed by atoms with E-state index in [1.54, 1.807) is 0 Å². The SMILES string of the molecule is CCOc1cccc(C2(C(C)CN)COC2)c1. The number of ether oxygens (including phenoxy) is 2. The van der Waals surface area contributed by atoms with Crippen LogP contribution < -0.4 is 10.5 Å². The van der Waals surface area contributed by atoms with Gasteiger partial charge < -0.3 is 15.2 Å². The van der Waals surface area contributed by atoms with Crippen LogP contribution >= 0.6 is 0 Å². The van der Waals surface area contributed by atoms with Crippen molar-refractivity contribution in [3.63, 3.8) is 0 Å². The average molecular weight is 235 g/mol. The van der Waals surface area contributed by atoms with Crippen LogP contribution in [-0.2, 0) is 10.2 Å². The summed E-state index contributed by atoms with van der Waals surface area (Å²) in [6.45, 7) is 7.09. The summed E-state index contributed by atoms with van der Waals surface area (Å²) in [7, 11) is 0. The molecule has 0 saturated carbocycles. The van der Waals surface area contributed by atoms with Crippen molar-refractivity contribution >= 4 is 0 Å². The zero-order chi connectivity index (χ0) is 12.3. The van der Waals surface area contributed by atoms with Gasteiger partial charge in [0, 0.05) is 5.41 Å².